The summed E-state index contributed by atoms with van der Waals surface area (Å²) < 4.78 is 0. The predicted molar refractivity (Wildman–Crippen MR) is 165 cm³/mol. The van der Waals surface area contributed by atoms with Crippen LogP contribution in [0.2, 0.25) is 0 Å². The number of carboxylic acids is 1. The third kappa shape index (κ3) is 5.81. The molecular formula is C35H34N4O4. The van der Waals surface area contributed by atoms with Crippen molar-refractivity contribution in [2.75, 3.05) is 11.4 Å². The van der Waals surface area contributed by atoms with Crippen LogP contribution >= 0.6 is 0 Å². The number of piperazine rings is 1. The van der Waals surface area contributed by atoms with Crippen molar-refractivity contribution in [3.8, 4) is 0 Å². The third-order valence-corrected chi connectivity index (χ3v) is 8.30. The maximum absolute atomic E-state index is 14.3. The summed E-state index contributed by atoms with van der Waals surface area (Å²) in [6, 6.07) is 35.3. The van der Waals surface area contributed by atoms with Crippen LogP contribution in [-0.4, -0.2) is 62.5 Å². The van der Waals surface area contributed by atoms with E-state index in [9.17, 15) is 19.5 Å². The van der Waals surface area contributed by atoms with Gasteiger partial charge in [-0.25, -0.2) is 14.4 Å². The molecule has 8 heteroatoms. The minimum Gasteiger partial charge on any atom is -0.480 e. The van der Waals surface area contributed by atoms with Crippen molar-refractivity contribution >= 4 is 29.4 Å². The number of hydrogen-bond donors (Lipinski definition) is 1. The summed E-state index contributed by atoms with van der Waals surface area (Å²) in [4.78, 5) is 48.1. The summed E-state index contributed by atoms with van der Waals surface area (Å²) in [5.74, 6) is -1.12. The topological polar surface area (TPSA) is 84.4 Å². The van der Waals surface area contributed by atoms with E-state index in [1.807, 2.05) is 121 Å². The number of para-hydroxylation sites is 2. The number of urea groups is 2. The number of carbonyl (C=O) groups excluding carboxylic acids is 2. The van der Waals surface area contributed by atoms with Gasteiger partial charge in [-0.15, -0.1) is 0 Å². The lowest BCUT2D eigenvalue weighted by atomic mass is 10.0. The second-order valence-corrected chi connectivity index (χ2v) is 11.0. The summed E-state index contributed by atoms with van der Waals surface area (Å²) >= 11 is 0. The van der Waals surface area contributed by atoms with E-state index < -0.39 is 24.1 Å². The molecule has 218 valence electrons. The number of carboxylic acid groups (broad SMARTS) is 1. The van der Waals surface area contributed by atoms with Gasteiger partial charge in [-0.1, -0.05) is 97.1 Å². The normalized spacial score (nSPS) is 19.1. The van der Waals surface area contributed by atoms with Crippen LogP contribution in [0.3, 0.4) is 0 Å². The number of carbonyl (C=O) groups is 3. The smallest absolute Gasteiger partial charge is 0.329 e. The summed E-state index contributed by atoms with van der Waals surface area (Å²) in [6.45, 7) is 0.917. The Hall–Kier alpha value is -5.11. The fourth-order valence-electron chi connectivity index (χ4n) is 6.36. The minimum absolute atomic E-state index is 0.138. The zero-order chi connectivity index (χ0) is 29.8. The maximum Gasteiger partial charge on any atom is 0.329 e. The van der Waals surface area contributed by atoms with Gasteiger partial charge in [0, 0.05) is 19.6 Å². The van der Waals surface area contributed by atoms with Crippen LogP contribution < -0.4 is 4.90 Å². The van der Waals surface area contributed by atoms with E-state index in [2.05, 4.69) is 0 Å². The number of anilines is 2. The summed E-state index contributed by atoms with van der Waals surface area (Å²) in [7, 11) is 0. The average Bonchev–Trinajstić information content (AvgIpc) is 3.34. The Morgan fingerprint density at radius 1 is 0.651 bits per heavy atom. The van der Waals surface area contributed by atoms with Crippen molar-refractivity contribution in [1.29, 1.82) is 0 Å². The predicted octanol–water partition coefficient (Wildman–Crippen LogP) is 6.37. The fourth-order valence-corrected chi connectivity index (χ4v) is 6.36. The van der Waals surface area contributed by atoms with E-state index in [1.54, 1.807) is 14.7 Å². The van der Waals surface area contributed by atoms with Gasteiger partial charge in [-0.2, -0.15) is 0 Å². The molecule has 0 spiro atoms. The van der Waals surface area contributed by atoms with Crippen molar-refractivity contribution < 1.29 is 19.5 Å². The molecule has 2 saturated heterocycles. The number of amides is 4. The maximum atomic E-state index is 14.3. The highest BCUT2D eigenvalue weighted by atomic mass is 16.4. The molecule has 43 heavy (non-hydrogen) atoms. The molecule has 0 aromatic heterocycles. The first-order valence-electron chi connectivity index (χ1n) is 14.6. The highest BCUT2D eigenvalue weighted by Gasteiger charge is 2.54. The van der Waals surface area contributed by atoms with Crippen LogP contribution in [0.4, 0.5) is 21.0 Å². The van der Waals surface area contributed by atoms with Crippen molar-refractivity contribution in [2.24, 2.45) is 0 Å². The van der Waals surface area contributed by atoms with Gasteiger partial charge in [0.15, 0.2) is 6.04 Å². The Kier molecular flexibility index (Phi) is 8.09. The Labute approximate surface area is 251 Å². The lowest BCUT2D eigenvalue weighted by Crippen LogP contribution is -2.67. The molecule has 4 amide bonds. The quantitative estimate of drug-likeness (QED) is 0.278. The molecular weight excluding hydrogens is 540 g/mol. The standard InChI is InChI=1S/C35H34N4O4/c40-33(41)32-31-22-21-30(25-37(32)35(43)38(28-17-9-3-10-18-28)29-19-11-4-12-20-29)39(31)34(42)36(23-26-13-5-1-6-14-26)24-27-15-7-2-8-16-27/h1-20,30-32H,21-25H2,(H,40,41)/t30?,31-,32+/m1/s1. The molecule has 6 rings (SSSR count). The molecule has 0 aliphatic carbocycles. The highest BCUT2D eigenvalue weighted by molar-refractivity contribution is 6.01. The van der Waals surface area contributed by atoms with Gasteiger partial charge >= 0.3 is 18.0 Å². The lowest BCUT2D eigenvalue weighted by Gasteiger charge is -2.47. The first-order valence-corrected chi connectivity index (χ1v) is 14.6. The van der Waals surface area contributed by atoms with Crippen LogP contribution in [0.5, 0.6) is 0 Å². The van der Waals surface area contributed by atoms with Gasteiger partial charge in [-0.3, -0.25) is 4.90 Å². The molecule has 1 N–H and O–H groups in total. The van der Waals surface area contributed by atoms with E-state index >= 15 is 0 Å². The zero-order valence-corrected chi connectivity index (χ0v) is 23.8. The second kappa shape index (κ2) is 12.4. The largest absolute Gasteiger partial charge is 0.480 e. The first-order chi connectivity index (χ1) is 21.0. The molecule has 2 fully saturated rings. The van der Waals surface area contributed by atoms with E-state index in [-0.39, 0.29) is 18.6 Å². The molecule has 4 aromatic carbocycles. The monoisotopic (exact) mass is 574 g/mol. The Bertz CT molecular complexity index is 1470. The van der Waals surface area contributed by atoms with Crippen LogP contribution in [0, 0.1) is 0 Å². The molecule has 0 saturated carbocycles. The highest BCUT2D eigenvalue weighted by Crippen LogP contribution is 2.38. The molecule has 2 bridgehead atoms. The van der Waals surface area contributed by atoms with Crippen LogP contribution in [0.1, 0.15) is 24.0 Å². The molecule has 4 aromatic rings. The van der Waals surface area contributed by atoms with Gasteiger partial charge in [0.1, 0.15) is 0 Å². The summed E-state index contributed by atoms with van der Waals surface area (Å²) in [6.07, 6.45) is 1.14. The Balaban J connectivity index is 1.31. The van der Waals surface area contributed by atoms with Gasteiger partial charge in [0.05, 0.1) is 23.5 Å². The molecule has 0 radical (unpaired) electrons. The van der Waals surface area contributed by atoms with Gasteiger partial charge < -0.3 is 19.8 Å². The van der Waals surface area contributed by atoms with Gasteiger partial charge in [0.2, 0.25) is 0 Å². The second-order valence-electron chi connectivity index (χ2n) is 11.0. The number of aliphatic carboxylic acids is 1. The van der Waals surface area contributed by atoms with Crippen LogP contribution in [0.15, 0.2) is 121 Å². The number of fused-ring (bicyclic) bond motifs is 2. The van der Waals surface area contributed by atoms with E-state index in [1.165, 1.54) is 4.90 Å². The van der Waals surface area contributed by atoms with E-state index in [4.69, 9.17) is 0 Å². The van der Waals surface area contributed by atoms with Crippen LogP contribution in [-0.2, 0) is 17.9 Å². The Morgan fingerprint density at radius 2 is 1.12 bits per heavy atom. The van der Waals surface area contributed by atoms with Crippen molar-refractivity contribution in [3.05, 3.63) is 132 Å². The number of nitrogens with zero attached hydrogens (tertiary/aromatic N) is 4. The molecule has 1 unspecified atom stereocenters. The third-order valence-electron chi connectivity index (χ3n) is 8.30. The minimum atomic E-state index is -1.18. The number of benzene rings is 4. The van der Waals surface area contributed by atoms with Crippen molar-refractivity contribution in [2.45, 2.75) is 44.1 Å². The Morgan fingerprint density at radius 3 is 1.58 bits per heavy atom. The molecule has 2 aliphatic heterocycles. The van der Waals surface area contributed by atoms with Crippen LogP contribution in [0.25, 0.3) is 0 Å². The SMILES string of the molecule is O=C(O)[C@@H]1[C@H]2CCC(CN1C(=O)N(c1ccccc1)c1ccccc1)N2C(=O)N(Cc1ccccc1)Cc1ccccc1. The molecule has 8 nitrogen and oxygen atoms in total. The summed E-state index contributed by atoms with van der Waals surface area (Å²) in [5.41, 5.74) is 3.27. The fraction of sp³-hybridized carbons (Fsp3) is 0.229. The number of likely N-dealkylation sites (tertiary alicyclic amines) is 1. The number of rotatable bonds is 7. The lowest BCUT2D eigenvalue weighted by molar-refractivity contribution is -0.145. The summed E-state index contributed by atoms with van der Waals surface area (Å²) in [5, 5.41) is 10.5. The molecule has 3 atom stereocenters. The van der Waals surface area contributed by atoms with E-state index in [0.29, 0.717) is 37.3 Å². The van der Waals surface area contributed by atoms with Crippen molar-refractivity contribution in [3.63, 3.8) is 0 Å². The van der Waals surface area contributed by atoms with Gasteiger partial charge in [0.25, 0.3) is 0 Å². The van der Waals surface area contributed by atoms with E-state index in [0.717, 1.165) is 11.1 Å². The van der Waals surface area contributed by atoms with Gasteiger partial charge in [-0.05, 0) is 48.2 Å². The average molecular weight is 575 g/mol. The molecule has 2 heterocycles. The first kappa shape index (κ1) is 28.0. The number of hydrogen-bond acceptors (Lipinski definition) is 3. The zero-order valence-electron chi connectivity index (χ0n) is 23.8. The van der Waals surface area contributed by atoms with Crippen molar-refractivity contribution in [1.82, 2.24) is 14.7 Å². The molecule has 2 aliphatic rings.